The SMILES string of the molecule is Cc1nccn1Cc1ccc(NC(=O)CCC(=O)c2ccc3c(c2)OCCO3)cc1. The molecule has 1 aliphatic heterocycles. The number of hydrogen-bond acceptors (Lipinski definition) is 5. The molecule has 4 rings (SSSR count). The smallest absolute Gasteiger partial charge is 0.224 e. The Labute approximate surface area is 174 Å². The zero-order valence-corrected chi connectivity index (χ0v) is 16.8. The topological polar surface area (TPSA) is 82.5 Å². The van der Waals surface area contributed by atoms with E-state index in [0.717, 1.165) is 17.9 Å². The second-order valence-electron chi connectivity index (χ2n) is 7.13. The van der Waals surface area contributed by atoms with E-state index in [2.05, 4.69) is 14.9 Å². The number of ketones is 1. The van der Waals surface area contributed by atoms with Crippen LogP contribution in [0.15, 0.2) is 54.9 Å². The fourth-order valence-electron chi connectivity index (χ4n) is 3.27. The Kier molecular flexibility index (Phi) is 5.79. The quantitative estimate of drug-likeness (QED) is 0.607. The monoisotopic (exact) mass is 405 g/mol. The minimum absolute atomic E-state index is 0.104. The minimum atomic E-state index is -0.195. The highest BCUT2D eigenvalue weighted by Gasteiger charge is 2.16. The summed E-state index contributed by atoms with van der Waals surface area (Å²) < 4.78 is 13.0. The predicted octanol–water partition coefficient (Wildman–Crippen LogP) is 3.61. The van der Waals surface area contributed by atoms with E-state index in [-0.39, 0.29) is 24.5 Å². The van der Waals surface area contributed by atoms with Crippen molar-refractivity contribution < 1.29 is 19.1 Å². The van der Waals surface area contributed by atoms with E-state index < -0.39 is 0 Å². The van der Waals surface area contributed by atoms with Crippen molar-refractivity contribution in [2.45, 2.75) is 26.3 Å². The Bertz CT molecular complexity index is 1060. The molecule has 7 nitrogen and oxygen atoms in total. The van der Waals surface area contributed by atoms with Crippen molar-refractivity contribution in [3.63, 3.8) is 0 Å². The molecule has 0 fully saturated rings. The molecule has 30 heavy (non-hydrogen) atoms. The summed E-state index contributed by atoms with van der Waals surface area (Å²) in [6.45, 7) is 3.66. The minimum Gasteiger partial charge on any atom is -0.486 e. The Hall–Kier alpha value is -3.61. The third-order valence-electron chi connectivity index (χ3n) is 4.96. The number of imidazole rings is 1. The van der Waals surface area contributed by atoms with Crippen LogP contribution < -0.4 is 14.8 Å². The van der Waals surface area contributed by atoms with Crippen LogP contribution in [0.1, 0.15) is 34.6 Å². The molecule has 1 aliphatic rings. The Morgan fingerprint density at radius 1 is 1.03 bits per heavy atom. The van der Waals surface area contributed by atoms with Crippen LogP contribution in [0.25, 0.3) is 0 Å². The summed E-state index contributed by atoms with van der Waals surface area (Å²) in [5, 5.41) is 2.84. The average Bonchev–Trinajstić information content (AvgIpc) is 3.17. The van der Waals surface area contributed by atoms with Crippen molar-refractivity contribution in [3.8, 4) is 11.5 Å². The van der Waals surface area contributed by atoms with E-state index >= 15 is 0 Å². The van der Waals surface area contributed by atoms with Crippen molar-refractivity contribution >= 4 is 17.4 Å². The van der Waals surface area contributed by atoms with Crippen molar-refractivity contribution in [3.05, 3.63) is 71.8 Å². The zero-order valence-electron chi connectivity index (χ0n) is 16.8. The van der Waals surface area contributed by atoms with Crippen LogP contribution in [-0.2, 0) is 11.3 Å². The summed E-state index contributed by atoms with van der Waals surface area (Å²) in [5.74, 6) is 1.87. The molecule has 0 aliphatic carbocycles. The number of nitrogens with zero attached hydrogens (tertiary/aromatic N) is 2. The van der Waals surface area contributed by atoms with E-state index in [1.54, 1.807) is 24.4 Å². The molecule has 0 atom stereocenters. The number of carbonyl (C=O) groups is 2. The van der Waals surface area contributed by atoms with Gasteiger partial charge in [-0.15, -0.1) is 0 Å². The maximum absolute atomic E-state index is 12.4. The van der Waals surface area contributed by atoms with Gasteiger partial charge in [-0.2, -0.15) is 0 Å². The molecule has 0 saturated heterocycles. The highest BCUT2D eigenvalue weighted by atomic mass is 16.6. The van der Waals surface area contributed by atoms with Crippen LogP contribution in [0.4, 0.5) is 5.69 Å². The number of amides is 1. The summed E-state index contributed by atoms with van der Waals surface area (Å²) >= 11 is 0. The molecule has 0 radical (unpaired) electrons. The van der Waals surface area contributed by atoms with Crippen LogP contribution >= 0.6 is 0 Å². The molecular weight excluding hydrogens is 382 g/mol. The number of aryl methyl sites for hydroxylation is 1. The lowest BCUT2D eigenvalue weighted by molar-refractivity contribution is -0.116. The predicted molar refractivity (Wildman–Crippen MR) is 112 cm³/mol. The molecule has 7 heteroatoms. The summed E-state index contributed by atoms with van der Waals surface area (Å²) in [7, 11) is 0. The molecule has 0 spiro atoms. The van der Waals surface area contributed by atoms with E-state index in [1.807, 2.05) is 37.4 Å². The van der Waals surface area contributed by atoms with Crippen molar-refractivity contribution in [1.29, 1.82) is 0 Å². The lowest BCUT2D eigenvalue weighted by atomic mass is 10.1. The van der Waals surface area contributed by atoms with Gasteiger partial charge in [-0.3, -0.25) is 9.59 Å². The number of hydrogen-bond donors (Lipinski definition) is 1. The summed E-state index contributed by atoms with van der Waals surface area (Å²) in [4.78, 5) is 28.9. The standard InChI is InChI=1S/C23H23N3O4/c1-16-24-10-11-26(16)15-17-2-5-19(6-3-17)25-23(28)9-7-20(27)18-4-8-21-22(14-18)30-13-12-29-21/h2-6,8,10-11,14H,7,9,12-13,15H2,1H3,(H,25,28). The first kappa shape index (κ1) is 19.7. The van der Waals surface area contributed by atoms with Gasteiger partial charge in [0, 0.05) is 43.0 Å². The van der Waals surface area contributed by atoms with E-state index in [4.69, 9.17) is 9.47 Å². The average molecular weight is 405 g/mol. The number of carbonyl (C=O) groups excluding carboxylic acids is 2. The van der Waals surface area contributed by atoms with Gasteiger partial charge >= 0.3 is 0 Å². The summed E-state index contributed by atoms with van der Waals surface area (Å²) in [5.41, 5.74) is 2.34. The first-order valence-electron chi connectivity index (χ1n) is 9.88. The zero-order chi connectivity index (χ0) is 20.9. The van der Waals surface area contributed by atoms with Crippen LogP contribution in [-0.4, -0.2) is 34.5 Å². The number of ether oxygens (including phenoxy) is 2. The van der Waals surface area contributed by atoms with E-state index in [1.165, 1.54) is 0 Å². The lowest BCUT2D eigenvalue weighted by Gasteiger charge is -2.18. The van der Waals surface area contributed by atoms with Gasteiger partial charge in [0.25, 0.3) is 0 Å². The van der Waals surface area contributed by atoms with E-state index in [9.17, 15) is 9.59 Å². The van der Waals surface area contributed by atoms with Crippen molar-refractivity contribution in [2.24, 2.45) is 0 Å². The fourth-order valence-corrected chi connectivity index (χ4v) is 3.27. The molecule has 3 aromatic rings. The van der Waals surface area contributed by atoms with Crippen LogP contribution in [0.2, 0.25) is 0 Å². The second kappa shape index (κ2) is 8.82. The number of anilines is 1. The van der Waals surface area contributed by atoms with Crippen LogP contribution in [0.3, 0.4) is 0 Å². The lowest BCUT2D eigenvalue weighted by Crippen LogP contribution is -2.16. The van der Waals surface area contributed by atoms with Gasteiger partial charge in [-0.05, 0) is 42.8 Å². The Morgan fingerprint density at radius 3 is 2.53 bits per heavy atom. The van der Waals surface area contributed by atoms with Gasteiger partial charge < -0.3 is 19.4 Å². The largest absolute Gasteiger partial charge is 0.486 e. The second-order valence-corrected chi connectivity index (χ2v) is 7.13. The molecule has 2 aromatic carbocycles. The van der Waals surface area contributed by atoms with Crippen LogP contribution in [0.5, 0.6) is 11.5 Å². The molecule has 0 saturated carbocycles. The number of Topliss-reactive ketones (excluding diaryl/α,β-unsaturated/α-hetero) is 1. The molecule has 1 N–H and O–H groups in total. The number of benzene rings is 2. The highest BCUT2D eigenvalue weighted by molar-refractivity contribution is 6.00. The first-order chi connectivity index (χ1) is 14.6. The maximum atomic E-state index is 12.4. The molecule has 1 aromatic heterocycles. The number of aromatic nitrogens is 2. The third kappa shape index (κ3) is 4.68. The van der Waals surface area contributed by atoms with Gasteiger partial charge in [-0.1, -0.05) is 12.1 Å². The molecular formula is C23H23N3O4. The maximum Gasteiger partial charge on any atom is 0.224 e. The number of rotatable bonds is 7. The van der Waals surface area contributed by atoms with Crippen molar-refractivity contribution in [1.82, 2.24) is 9.55 Å². The number of fused-ring (bicyclic) bond motifs is 1. The highest BCUT2D eigenvalue weighted by Crippen LogP contribution is 2.31. The fraction of sp³-hybridized carbons (Fsp3) is 0.261. The van der Waals surface area contributed by atoms with Gasteiger partial charge in [0.05, 0.1) is 0 Å². The Balaban J connectivity index is 1.28. The van der Waals surface area contributed by atoms with E-state index in [0.29, 0.717) is 36.0 Å². The summed E-state index contributed by atoms with van der Waals surface area (Å²) in [6.07, 6.45) is 3.95. The molecule has 154 valence electrons. The van der Waals surface area contributed by atoms with Gasteiger partial charge in [-0.25, -0.2) is 4.98 Å². The molecule has 0 unspecified atom stereocenters. The van der Waals surface area contributed by atoms with Gasteiger partial charge in [0.2, 0.25) is 5.91 Å². The van der Waals surface area contributed by atoms with Gasteiger partial charge in [0.1, 0.15) is 19.0 Å². The molecule has 2 heterocycles. The number of nitrogens with one attached hydrogen (secondary N) is 1. The molecule has 1 amide bonds. The van der Waals surface area contributed by atoms with Crippen molar-refractivity contribution in [2.75, 3.05) is 18.5 Å². The Morgan fingerprint density at radius 2 is 1.80 bits per heavy atom. The van der Waals surface area contributed by atoms with Crippen LogP contribution in [0, 0.1) is 6.92 Å². The molecule has 0 bridgehead atoms. The third-order valence-corrected chi connectivity index (χ3v) is 4.96. The summed E-state index contributed by atoms with van der Waals surface area (Å²) in [6, 6.07) is 12.8. The first-order valence-corrected chi connectivity index (χ1v) is 9.88. The normalized spacial score (nSPS) is 12.4. The van der Waals surface area contributed by atoms with Gasteiger partial charge in [0.15, 0.2) is 17.3 Å².